The molecule has 26 heavy (non-hydrogen) atoms. The third kappa shape index (κ3) is 4.18. The van der Waals surface area contributed by atoms with Gasteiger partial charge in [-0.05, 0) is 43.4 Å². The minimum absolute atomic E-state index is 0.0555. The maximum absolute atomic E-state index is 12.9. The Kier molecular flexibility index (Phi) is 5.81. The highest BCUT2D eigenvalue weighted by Gasteiger charge is 2.38. The highest BCUT2D eigenvalue weighted by Crippen LogP contribution is 2.26. The standard InChI is InChI=1S/C20H29N3O3/c1-14(21)16-4-3-9-22(12-16)20(25)17-10-19(24)23(13-17)11-15-5-7-18(26-2)8-6-15/h5-8,14,16-17H,3-4,9-13,21H2,1-2H3. The molecule has 142 valence electrons. The number of piperidine rings is 1. The molecule has 0 spiro atoms. The van der Waals surface area contributed by atoms with Crippen LogP contribution in [-0.2, 0) is 16.1 Å². The van der Waals surface area contributed by atoms with Crippen molar-refractivity contribution < 1.29 is 14.3 Å². The first kappa shape index (κ1) is 18.7. The van der Waals surface area contributed by atoms with Crippen molar-refractivity contribution in [3.05, 3.63) is 29.8 Å². The second-order valence-electron chi connectivity index (χ2n) is 7.57. The number of likely N-dealkylation sites (tertiary alicyclic amines) is 2. The average molecular weight is 359 g/mol. The fourth-order valence-corrected chi connectivity index (χ4v) is 3.94. The van der Waals surface area contributed by atoms with E-state index in [2.05, 4.69) is 0 Å². The number of carbonyl (C=O) groups excluding carboxylic acids is 2. The Labute approximate surface area is 155 Å². The third-order valence-electron chi connectivity index (χ3n) is 5.61. The summed E-state index contributed by atoms with van der Waals surface area (Å²) in [6, 6.07) is 7.79. The Bertz CT molecular complexity index is 644. The van der Waals surface area contributed by atoms with Crippen LogP contribution in [0.25, 0.3) is 0 Å². The van der Waals surface area contributed by atoms with Crippen molar-refractivity contribution in [3.63, 3.8) is 0 Å². The molecule has 6 heteroatoms. The van der Waals surface area contributed by atoms with Gasteiger partial charge < -0.3 is 20.3 Å². The number of nitrogens with zero attached hydrogens (tertiary/aromatic N) is 2. The van der Waals surface area contributed by atoms with Gasteiger partial charge in [-0.15, -0.1) is 0 Å². The first-order valence-electron chi connectivity index (χ1n) is 9.43. The molecule has 3 atom stereocenters. The second kappa shape index (κ2) is 8.08. The van der Waals surface area contributed by atoms with Crippen LogP contribution in [-0.4, -0.2) is 54.4 Å². The number of hydrogen-bond acceptors (Lipinski definition) is 4. The topological polar surface area (TPSA) is 75.9 Å². The van der Waals surface area contributed by atoms with E-state index in [0.717, 1.165) is 37.2 Å². The van der Waals surface area contributed by atoms with E-state index in [1.54, 1.807) is 12.0 Å². The molecule has 2 saturated heterocycles. The fourth-order valence-electron chi connectivity index (χ4n) is 3.94. The van der Waals surface area contributed by atoms with Crippen molar-refractivity contribution in [1.82, 2.24) is 9.80 Å². The molecule has 2 heterocycles. The number of ether oxygens (including phenoxy) is 1. The van der Waals surface area contributed by atoms with E-state index in [0.29, 0.717) is 25.4 Å². The van der Waals surface area contributed by atoms with Gasteiger partial charge in [0.1, 0.15) is 5.75 Å². The lowest BCUT2D eigenvalue weighted by molar-refractivity contribution is -0.137. The zero-order chi connectivity index (χ0) is 18.7. The second-order valence-corrected chi connectivity index (χ2v) is 7.57. The summed E-state index contributed by atoms with van der Waals surface area (Å²) in [6.45, 7) is 4.55. The number of carbonyl (C=O) groups is 2. The number of nitrogens with two attached hydrogens (primary N) is 1. The van der Waals surface area contributed by atoms with Crippen molar-refractivity contribution in [2.24, 2.45) is 17.6 Å². The highest BCUT2D eigenvalue weighted by atomic mass is 16.5. The van der Waals surface area contributed by atoms with Gasteiger partial charge in [0.25, 0.3) is 0 Å². The van der Waals surface area contributed by atoms with Gasteiger partial charge in [-0.1, -0.05) is 12.1 Å². The van der Waals surface area contributed by atoms with Gasteiger partial charge in [0, 0.05) is 38.6 Å². The molecule has 0 aliphatic carbocycles. The summed E-state index contributed by atoms with van der Waals surface area (Å²) in [5.74, 6) is 1.09. The van der Waals surface area contributed by atoms with Gasteiger partial charge in [0.2, 0.25) is 11.8 Å². The zero-order valence-corrected chi connectivity index (χ0v) is 15.7. The largest absolute Gasteiger partial charge is 0.497 e. The average Bonchev–Trinajstić information content (AvgIpc) is 3.02. The molecule has 3 unspecified atom stereocenters. The van der Waals surface area contributed by atoms with Crippen LogP contribution < -0.4 is 10.5 Å². The monoisotopic (exact) mass is 359 g/mol. The molecule has 2 aliphatic heterocycles. The summed E-state index contributed by atoms with van der Waals surface area (Å²) in [5, 5.41) is 0. The lowest BCUT2D eigenvalue weighted by Gasteiger charge is -2.35. The van der Waals surface area contributed by atoms with Crippen LogP contribution in [0.15, 0.2) is 24.3 Å². The summed E-state index contributed by atoms with van der Waals surface area (Å²) in [5.41, 5.74) is 7.07. The van der Waals surface area contributed by atoms with Gasteiger partial charge in [0.15, 0.2) is 0 Å². The van der Waals surface area contributed by atoms with Gasteiger partial charge in [-0.3, -0.25) is 9.59 Å². The predicted molar refractivity (Wildman–Crippen MR) is 99.5 cm³/mol. The Morgan fingerprint density at radius 3 is 2.69 bits per heavy atom. The summed E-state index contributed by atoms with van der Waals surface area (Å²) >= 11 is 0. The molecule has 0 radical (unpaired) electrons. The molecule has 1 aromatic carbocycles. The molecule has 3 rings (SSSR count). The normalized spacial score (nSPS) is 24.7. The van der Waals surface area contributed by atoms with Crippen LogP contribution in [0.3, 0.4) is 0 Å². The Hall–Kier alpha value is -2.08. The van der Waals surface area contributed by atoms with E-state index in [-0.39, 0.29) is 23.8 Å². The summed E-state index contributed by atoms with van der Waals surface area (Å²) in [6.07, 6.45) is 2.39. The first-order valence-corrected chi connectivity index (χ1v) is 9.43. The molecule has 2 amide bonds. The van der Waals surface area contributed by atoms with Gasteiger partial charge in [0.05, 0.1) is 13.0 Å². The van der Waals surface area contributed by atoms with E-state index in [1.807, 2.05) is 36.1 Å². The maximum Gasteiger partial charge on any atom is 0.228 e. The van der Waals surface area contributed by atoms with Crippen molar-refractivity contribution in [3.8, 4) is 5.75 Å². The van der Waals surface area contributed by atoms with E-state index in [1.165, 1.54) is 0 Å². The van der Waals surface area contributed by atoms with Crippen molar-refractivity contribution in [2.75, 3.05) is 26.7 Å². The minimum atomic E-state index is -0.229. The number of rotatable bonds is 5. The molecule has 1 aromatic rings. The first-order chi connectivity index (χ1) is 12.5. The van der Waals surface area contributed by atoms with Crippen LogP contribution in [0.4, 0.5) is 0 Å². The molecule has 2 fully saturated rings. The molecule has 2 N–H and O–H groups in total. The minimum Gasteiger partial charge on any atom is -0.497 e. The molecule has 2 aliphatic rings. The predicted octanol–water partition coefficient (Wildman–Crippen LogP) is 1.63. The van der Waals surface area contributed by atoms with Crippen LogP contribution in [0.2, 0.25) is 0 Å². The smallest absolute Gasteiger partial charge is 0.228 e. The number of hydrogen-bond donors (Lipinski definition) is 1. The quantitative estimate of drug-likeness (QED) is 0.867. The van der Waals surface area contributed by atoms with E-state index >= 15 is 0 Å². The third-order valence-corrected chi connectivity index (χ3v) is 5.61. The van der Waals surface area contributed by atoms with Gasteiger partial charge in [-0.25, -0.2) is 0 Å². The van der Waals surface area contributed by atoms with E-state index in [4.69, 9.17) is 10.5 Å². The molecule has 0 aromatic heterocycles. The SMILES string of the molecule is COc1ccc(CN2CC(C(=O)N3CCCC(C(C)N)C3)CC2=O)cc1. The maximum atomic E-state index is 12.9. The lowest BCUT2D eigenvalue weighted by atomic mass is 9.91. The van der Waals surface area contributed by atoms with Crippen LogP contribution in [0.1, 0.15) is 31.7 Å². The molecular weight excluding hydrogens is 330 g/mol. The molecule has 0 bridgehead atoms. The van der Waals surface area contributed by atoms with E-state index in [9.17, 15) is 9.59 Å². The Morgan fingerprint density at radius 1 is 1.31 bits per heavy atom. The summed E-state index contributed by atoms with van der Waals surface area (Å²) in [7, 11) is 1.63. The molecule has 6 nitrogen and oxygen atoms in total. The summed E-state index contributed by atoms with van der Waals surface area (Å²) in [4.78, 5) is 29.0. The van der Waals surface area contributed by atoms with Crippen molar-refractivity contribution in [2.45, 2.75) is 38.8 Å². The zero-order valence-electron chi connectivity index (χ0n) is 15.7. The molecular formula is C20H29N3O3. The van der Waals surface area contributed by atoms with Crippen LogP contribution >= 0.6 is 0 Å². The Balaban J connectivity index is 1.58. The van der Waals surface area contributed by atoms with Gasteiger partial charge >= 0.3 is 0 Å². The van der Waals surface area contributed by atoms with Gasteiger partial charge in [-0.2, -0.15) is 0 Å². The van der Waals surface area contributed by atoms with E-state index < -0.39 is 0 Å². The van der Waals surface area contributed by atoms with Crippen LogP contribution in [0, 0.1) is 11.8 Å². The molecule has 0 saturated carbocycles. The van der Waals surface area contributed by atoms with Crippen LogP contribution in [0.5, 0.6) is 5.75 Å². The summed E-state index contributed by atoms with van der Waals surface area (Å²) < 4.78 is 5.16. The number of amides is 2. The Morgan fingerprint density at radius 2 is 2.04 bits per heavy atom. The lowest BCUT2D eigenvalue weighted by Crippen LogP contribution is -2.47. The number of benzene rings is 1. The fraction of sp³-hybridized carbons (Fsp3) is 0.600. The van der Waals surface area contributed by atoms with Crippen molar-refractivity contribution in [1.29, 1.82) is 0 Å². The number of methoxy groups -OCH3 is 1. The highest BCUT2D eigenvalue weighted by molar-refractivity contribution is 5.89. The van der Waals surface area contributed by atoms with Crippen molar-refractivity contribution >= 4 is 11.8 Å².